The molecule has 122 valence electrons. The van der Waals surface area contributed by atoms with Crippen LogP contribution in [0.5, 0.6) is 0 Å². The van der Waals surface area contributed by atoms with Crippen molar-refractivity contribution in [2.75, 3.05) is 26.2 Å². The van der Waals surface area contributed by atoms with Crippen LogP contribution in [0.25, 0.3) is 0 Å². The van der Waals surface area contributed by atoms with E-state index in [0.29, 0.717) is 26.2 Å². The van der Waals surface area contributed by atoms with E-state index in [2.05, 4.69) is 11.9 Å². The van der Waals surface area contributed by atoms with Crippen molar-refractivity contribution in [3.8, 4) is 0 Å². The van der Waals surface area contributed by atoms with Crippen LogP contribution in [0.3, 0.4) is 0 Å². The standard InChI is InChI=1S/C16H25N3O3/c1-4-13(20)17-8-7-14(21)19-10-9-18(11-16(19,2)3)15(22)12-5-6-12/h4,12H,1,5-11H2,2-3H3,(H,17,20). The zero-order valence-corrected chi connectivity index (χ0v) is 13.4. The molecule has 1 saturated heterocycles. The smallest absolute Gasteiger partial charge is 0.243 e. The van der Waals surface area contributed by atoms with Crippen LogP contribution in [0.15, 0.2) is 12.7 Å². The van der Waals surface area contributed by atoms with Crippen LogP contribution < -0.4 is 5.32 Å². The highest BCUT2D eigenvalue weighted by molar-refractivity contribution is 5.87. The number of nitrogens with one attached hydrogen (secondary N) is 1. The molecule has 0 atom stereocenters. The molecule has 0 aromatic heterocycles. The Morgan fingerprint density at radius 3 is 2.50 bits per heavy atom. The van der Waals surface area contributed by atoms with Gasteiger partial charge in [-0.3, -0.25) is 14.4 Å². The third kappa shape index (κ3) is 3.87. The number of amides is 3. The first kappa shape index (κ1) is 16.5. The third-order valence-corrected chi connectivity index (χ3v) is 4.26. The molecule has 6 heteroatoms. The maximum absolute atomic E-state index is 12.4. The molecule has 0 bridgehead atoms. The lowest BCUT2D eigenvalue weighted by Crippen LogP contribution is -2.62. The number of carbonyl (C=O) groups excluding carboxylic acids is 3. The quantitative estimate of drug-likeness (QED) is 0.754. The monoisotopic (exact) mass is 307 g/mol. The summed E-state index contributed by atoms with van der Waals surface area (Å²) in [6.45, 7) is 9.38. The topological polar surface area (TPSA) is 69.7 Å². The number of nitrogens with zero attached hydrogens (tertiary/aromatic N) is 2. The molecule has 22 heavy (non-hydrogen) atoms. The van der Waals surface area contributed by atoms with Crippen molar-refractivity contribution in [2.24, 2.45) is 5.92 Å². The molecule has 1 aliphatic carbocycles. The number of rotatable bonds is 5. The Hall–Kier alpha value is -1.85. The van der Waals surface area contributed by atoms with Crippen molar-refractivity contribution in [3.05, 3.63) is 12.7 Å². The lowest BCUT2D eigenvalue weighted by Gasteiger charge is -2.47. The number of hydrogen-bond donors (Lipinski definition) is 1. The lowest BCUT2D eigenvalue weighted by atomic mass is 9.97. The molecule has 0 aromatic carbocycles. The fourth-order valence-corrected chi connectivity index (χ4v) is 2.89. The van der Waals surface area contributed by atoms with Crippen LogP contribution in [-0.4, -0.2) is 59.2 Å². The second-order valence-electron chi connectivity index (χ2n) is 6.64. The molecule has 0 aromatic rings. The second-order valence-corrected chi connectivity index (χ2v) is 6.64. The fourth-order valence-electron chi connectivity index (χ4n) is 2.89. The Balaban J connectivity index is 1.86. The molecule has 1 heterocycles. The van der Waals surface area contributed by atoms with Crippen LogP contribution in [0.4, 0.5) is 0 Å². The Kier molecular flexibility index (Phi) is 4.88. The maximum Gasteiger partial charge on any atom is 0.243 e. The Bertz CT molecular complexity index is 483. The third-order valence-electron chi connectivity index (χ3n) is 4.26. The van der Waals surface area contributed by atoms with Crippen molar-refractivity contribution in [2.45, 2.75) is 38.6 Å². The average molecular weight is 307 g/mol. The van der Waals surface area contributed by atoms with Gasteiger partial charge in [0.25, 0.3) is 0 Å². The van der Waals surface area contributed by atoms with Gasteiger partial charge in [0.05, 0.1) is 5.54 Å². The molecule has 2 rings (SSSR count). The molecule has 0 radical (unpaired) electrons. The summed E-state index contributed by atoms with van der Waals surface area (Å²) in [6.07, 6.45) is 3.46. The van der Waals surface area contributed by atoms with E-state index >= 15 is 0 Å². The molecule has 2 aliphatic rings. The van der Waals surface area contributed by atoms with Crippen molar-refractivity contribution < 1.29 is 14.4 Å². The summed E-state index contributed by atoms with van der Waals surface area (Å²) in [5.41, 5.74) is -0.373. The highest BCUT2D eigenvalue weighted by Crippen LogP contribution is 2.33. The second kappa shape index (κ2) is 6.50. The van der Waals surface area contributed by atoms with Crippen LogP contribution >= 0.6 is 0 Å². The number of hydrogen-bond acceptors (Lipinski definition) is 3. The van der Waals surface area contributed by atoms with Gasteiger partial charge in [0, 0.05) is 38.5 Å². The van der Waals surface area contributed by atoms with E-state index in [4.69, 9.17) is 0 Å². The van der Waals surface area contributed by atoms with Crippen LogP contribution in [0.1, 0.15) is 33.1 Å². The normalized spacial score (nSPS) is 20.5. The van der Waals surface area contributed by atoms with Crippen LogP contribution in [-0.2, 0) is 14.4 Å². The molecule has 3 amide bonds. The molecule has 1 saturated carbocycles. The van der Waals surface area contributed by atoms with Crippen LogP contribution in [0, 0.1) is 5.92 Å². The molecule has 0 unspecified atom stereocenters. The van der Waals surface area contributed by atoms with Gasteiger partial charge in [-0.1, -0.05) is 6.58 Å². The molecular formula is C16H25N3O3. The van der Waals surface area contributed by atoms with E-state index in [-0.39, 0.29) is 35.6 Å². The molecule has 1 aliphatic heterocycles. The largest absolute Gasteiger partial charge is 0.352 e. The zero-order valence-electron chi connectivity index (χ0n) is 13.4. The van der Waals surface area contributed by atoms with Crippen molar-refractivity contribution >= 4 is 17.7 Å². The van der Waals surface area contributed by atoms with Crippen molar-refractivity contribution in [3.63, 3.8) is 0 Å². The molecular weight excluding hydrogens is 282 g/mol. The molecule has 1 N–H and O–H groups in total. The highest BCUT2D eigenvalue weighted by atomic mass is 16.2. The summed E-state index contributed by atoms with van der Waals surface area (Å²) < 4.78 is 0. The first-order chi connectivity index (χ1) is 10.3. The van der Waals surface area contributed by atoms with E-state index in [9.17, 15) is 14.4 Å². The van der Waals surface area contributed by atoms with Gasteiger partial charge in [-0.05, 0) is 32.8 Å². The summed E-state index contributed by atoms with van der Waals surface area (Å²) in [5.74, 6) is 0.186. The first-order valence-corrected chi connectivity index (χ1v) is 7.84. The predicted octanol–water partition coefficient (Wildman–Crippen LogP) is 0.538. The van der Waals surface area contributed by atoms with Crippen molar-refractivity contribution in [1.82, 2.24) is 15.1 Å². The average Bonchev–Trinajstić information content (AvgIpc) is 3.29. The van der Waals surface area contributed by atoms with E-state index in [1.807, 2.05) is 23.6 Å². The lowest BCUT2D eigenvalue weighted by molar-refractivity contribution is -0.148. The Morgan fingerprint density at radius 2 is 1.95 bits per heavy atom. The molecule has 2 fully saturated rings. The Morgan fingerprint density at radius 1 is 1.27 bits per heavy atom. The van der Waals surface area contributed by atoms with Gasteiger partial charge in [-0.15, -0.1) is 0 Å². The van der Waals surface area contributed by atoms with E-state index in [1.165, 1.54) is 6.08 Å². The number of carbonyl (C=O) groups is 3. The van der Waals surface area contributed by atoms with Crippen molar-refractivity contribution in [1.29, 1.82) is 0 Å². The van der Waals surface area contributed by atoms with Gasteiger partial charge in [0.1, 0.15) is 0 Å². The van der Waals surface area contributed by atoms with E-state index < -0.39 is 0 Å². The highest BCUT2D eigenvalue weighted by Gasteiger charge is 2.41. The van der Waals surface area contributed by atoms with Gasteiger partial charge in [-0.25, -0.2) is 0 Å². The van der Waals surface area contributed by atoms with E-state index in [0.717, 1.165) is 12.8 Å². The van der Waals surface area contributed by atoms with Crippen LogP contribution in [0.2, 0.25) is 0 Å². The summed E-state index contributed by atoms with van der Waals surface area (Å²) in [6, 6.07) is 0. The van der Waals surface area contributed by atoms with Gasteiger partial charge in [0.15, 0.2) is 0 Å². The minimum absolute atomic E-state index is 0.00730. The van der Waals surface area contributed by atoms with Gasteiger partial charge in [0.2, 0.25) is 17.7 Å². The minimum Gasteiger partial charge on any atom is -0.352 e. The van der Waals surface area contributed by atoms with Gasteiger partial charge in [-0.2, -0.15) is 0 Å². The molecule has 0 spiro atoms. The minimum atomic E-state index is -0.373. The summed E-state index contributed by atoms with van der Waals surface area (Å²) in [4.78, 5) is 39.3. The SMILES string of the molecule is C=CC(=O)NCCC(=O)N1CCN(C(=O)C2CC2)CC1(C)C. The fraction of sp³-hybridized carbons (Fsp3) is 0.688. The summed E-state index contributed by atoms with van der Waals surface area (Å²) in [5, 5.41) is 2.61. The van der Waals surface area contributed by atoms with Gasteiger partial charge >= 0.3 is 0 Å². The zero-order chi connectivity index (χ0) is 16.3. The first-order valence-electron chi connectivity index (χ1n) is 7.84. The maximum atomic E-state index is 12.4. The van der Waals surface area contributed by atoms with Gasteiger partial charge < -0.3 is 15.1 Å². The van der Waals surface area contributed by atoms with E-state index in [1.54, 1.807) is 0 Å². The predicted molar refractivity (Wildman–Crippen MR) is 82.9 cm³/mol. The Labute approximate surface area is 131 Å². The number of piperazine rings is 1. The molecule has 6 nitrogen and oxygen atoms in total. The summed E-state index contributed by atoms with van der Waals surface area (Å²) >= 11 is 0. The summed E-state index contributed by atoms with van der Waals surface area (Å²) in [7, 11) is 0.